The van der Waals surface area contributed by atoms with Gasteiger partial charge in [0.15, 0.2) is 0 Å². The summed E-state index contributed by atoms with van der Waals surface area (Å²) in [6, 6.07) is 0. The molecule has 0 spiro atoms. The minimum atomic E-state index is 0. The predicted molar refractivity (Wildman–Crippen MR) is 496 cm³/mol. The zero-order valence-electron chi connectivity index (χ0n) is 75.0. The lowest BCUT2D eigenvalue weighted by Crippen LogP contribution is -2.43. The van der Waals surface area contributed by atoms with Gasteiger partial charge in [0.1, 0.15) is 0 Å². The summed E-state index contributed by atoms with van der Waals surface area (Å²) < 4.78 is 0. The van der Waals surface area contributed by atoms with Crippen LogP contribution in [0.3, 0.4) is 0 Å². The van der Waals surface area contributed by atoms with Crippen molar-refractivity contribution in [2.24, 2.45) is 35.5 Å². The molecule has 0 saturated heterocycles. The zero-order valence-corrected chi connectivity index (χ0v) is 75.0. The van der Waals surface area contributed by atoms with Gasteiger partial charge in [-0.2, -0.15) is 0 Å². The highest BCUT2D eigenvalue weighted by Crippen LogP contribution is 2.30. The normalized spacial score (nSPS) is 15.5. The number of rotatable bonds is 28. The monoisotopic (exact) mass is 1470 g/mol. The molecular weight excluding hydrogens is 1240 g/mol. The van der Waals surface area contributed by atoms with Gasteiger partial charge in [0, 0.05) is 39.3 Å². The molecule has 0 aromatic carbocycles. The molecule has 0 bridgehead atoms. The van der Waals surface area contributed by atoms with Crippen LogP contribution in [0.4, 0.5) is 0 Å². The first kappa shape index (κ1) is 140. The highest BCUT2D eigenvalue weighted by molar-refractivity contribution is 4.77. The maximum Gasteiger partial charge on any atom is 0.0506 e. The van der Waals surface area contributed by atoms with E-state index in [0.717, 1.165) is 55.4 Å². The summed E-state index contributed by atoms with van der Waals surface area (Å²) in [5, 5.41) is 0. The quantitative estimate of drug-likeness (QED) is 0.0715. The fourth-order valence-electron chi connectivity index (χ4n) is 13.8. The fraction of sp³-hybridized carbons (Fsp3) is 1.00. The van der Waals surface area contributed by atoms with Gasteiger partial charge in [0.05, 0.1) is 26.7 Å². The van der Waals surface area contributed by atoms with E-state index in [1.54, 1.807) is 0 Å². The van der Waals surface area contributed by atoms with E-state index in [-0.39, 0.29) is 44.6 Å². The molecular formula is C94H228N8. The highest BCUT2D eigenvalue weighted by atomic mass is 15.3. The van der Waals surface area contributed by atoms with Crippen molar-refractivity contribution < 1.29 is 0 Å². The van der Waals surface area contributed by atoms with Crippen LogP contribution in [0, 0.1) is 35.5 Å². The van der Waals surface area contributed by atoms with Crippen LogP contribution in [0.15, 0.2) is 0 Å². The maximum atomic E-state index is 2.82. The third kappa shape index (κ3) is 90.3. The standard InChI is InChI=1S/2C19H38N2.2C13H28N2.12C2H6.6CH4/c1-3-20(15-18-11-7-5-8-12-18)17-21(4-2)16-19-13-9-6-10-14-19;1-3-20(4-2)17-21(15-18-11-7-5-8-12-18)16-19-13-9-6-10-14-19;1-4-15(5-2)12-14(3)11-13-9-7-6-8-10-13;1-4-14(3)12-15(5-2)11-13-9-7-6-8-10-13;12*1-2;;;;;;/h2*18-19H,3-17H2,1-2H3;2*13H,4-12H2,1-3H3;12*1-2H3;6*1H4. The molecule has 8 heteroatoms. The average molecular weight is 1470 g/mol. The van der Waals surface area contributed by atoms with Gasteiger partial charge in [0.25, 0.3) is 0 Å². The Morgan fingerprint density at radius 3 is 0.500 bits per heavy atom. The van der Waals surface area contributed by atoms with Gasteiger partial charge in [-0.15, -0.1) is 0 Å². The molecule has 6 saturated carbocycles. The molecule has 0 N–H and O–H groups in total. The molecule has 6 fully saturated rings. The Bertz CT molecular complexity index is 1120. The Kier molecular flexibility index (Phi) is 171. The van der Waals surface area contributed by atoms with Crippen LogP contribution in [0.5, 0.6) is 0 Å². The van der Waals surface area contributed by atoms with Crippen molar-refractivity contribution in [2.75, 3.05) is 132 Å². The van der Waals surface area contributed by atoms with Gasteiger partial charge < -0.3 is 0 Å². The van der Waals surface area contributed by atoms with Crippen molar-refractivity contribution in [3.05, 3.63) is 0 Å². The highest BCUT2D eigenvalue weighted by Gasteiger charge is 2.24. The Labute approximate surface area is 662 Å². The predicted octanol–water partition coefficient (Wildman–Crippen LogP) is 31.2. The fourth-order valence-corrected chi connectivity index (χ4v) is 13.8. The summed E-state index contributed by atoms with van der Waals surface area (Å²) in [4.78, 5) is 20.8. The van der Waals surface area contributed by atoms with Crippen LogP contribution in [-0.4, -0.2) is 172 Å². The minimum absolute atomic E-state index is 0. The van der Waals surface area contributed by atoms with Crippen LogP contribution in [0.1, 0.15) is 459 Å². The first-order valence-corrected chi connectivity index (χ1v) is 44.9. The molecule has 0 amide bonds. The van der Waals surface area contributed by atoms with E-state index in [1.165, 1.54) is 291 Å². The molecule has 6 aliphatic rings. The molecule has 0 heterocycles. The first-order chi connectivity index (χ1) is 47.1. The van der Waals surface area contributed by atoms with E-state index < -0.39 is 0 Å². The minimum Gasteiger partial charge on any atom is -0.294 e. The molecule has 6 rings (SSSR count). The van der Waals surface area contributed by atoms with Gasteiger partial charge in [-0.3, -0.25) is 39.2 Å². The lowest BCUT2D eigenvalue weighted by Gasteiger charge is -2.36. The Morgan fingerprint density at radius 1 is 0.167 bits per heavy atom. The molecule has 0 radical (unpaired) electrons. The largest absolute Gasteiger partial charge is 0.294 e. The summed E-state index contributed by atoms with van der Waals surface area (Å²) in [6.07, 6.45) is 44.2. The van der Waals surface area contributed by atoms with Crippen molar-refractivity contribution in [1.82, 2.24) is 39.2 Å². The topological polar surface area (TPSA) is 25.9 Å². The van der Waals surface area contributed by atoms with Crippen LogP contribution in [-0.2, 0) is 0 Å². The molecule has 0 aromatic heterocycles. The van der Waals surface area contributed by atoms with Crippen molar-refractivity contribution in [1.29, 1.82) is 0 Å². The molecule has 644 valence electrons. The first-order valence-electron chi connectivity index (χ1n) is 44.9. The van der Waals surface area contributed by atoms with E-state index in [1.807, 2.05) is 166 Å². The van der Waals surface area contributed by atoms with Gasteiger partial charge in [-0.05, 0) is 179 Å². The van der Waals surface area contributed by atoms with E-state index in [2.05, 4.69) is 109 Å². The van der Waals surface area contributed by atoms with Gasteiger partial charge >= 0.3 is 0 Å². The second-order valence-corrected chi connectivity index (χ2v) is 25.0. The zero-order chi connectivity index (χ0) is 76.0. The molecule has 0 atom stereocenters. The van der Waals surface area contributed by atoms with Crippen molar-refractivity contribution >= 4 is 0 Å². The molecule has 8 nitrogen and oxygen atoms in total. The van der Waals surface area contributed by atoms with E-state index in [4.69, 9.17) is 0 Å². The molecule has 102 heavy (non-hydrogen) atoms. The smallest absolute Gasteiger partial charge is 0.0506 e. The SMILES string of the molecule is C.C.C.C.C.C.CC.CC.CC.CC.CC.CC.CC.CC.CC.CC.CC.CC.CCN(C)CN(CC)CC1CCCCC1.CCN(CC)CN(C)CC1CCCCC1.CCN(CC)CN(CC1CCCCC1)CC1CCCCC1.CCN(CC1CCCCC1)CN(CC)CC1CCCCC1. The van der Waals surface area contributed by atoms with E-state index in [0.29, 0.717) is 0 Å². The second-order valence-electron chi connectivity index (χ2n) is 25.0. The van der Waals surface area contributed by atoms with Gasteiger partial charge in [-0.1, -0.05) is 382 Å². The van der Waals surface area contributed by atoms with Crippen LogP contribution >= 0.6 is 0 Å². The van der Waals surface area contributed by atoms with Crippen LogP contribution in [0.2, 0.25) is 0 Å². The maximum absolute atomic E-state index is 2.82. The third-order valence-electron chi connectivity index (χ3n) is 18.9. The lowest BCUT2D eigenvalue weighted by molar-refractivity contribution is 0.0905. The third-order valence-corrected chi connectivity index (χ3v) is 18.9. The van der Waals surface area contributed by atoms with Crippen molar-refractivity contribution in [3.8, 4) is 0 Å². The summed E-state index contributed by atoms with van der Waals surface area (Å²) in [5.41, 5.74) is 0. The van der Waals surface area contributed by atoms with Crippen molar-refractivity contribution in [3.63, 3.8) is 0 Å². The van der Waals surface area contributed by atoms with Crippen LogP contribution < -0.4 is 0 Å². The summed E-state index contributed by atoms with van der Waals surface area (Å²) in [7, 11) is 4.48. The van der Waals surface area contributed by atoms with E-state index in [9.17, 15) is 0 Å². The average Bonchev–Trinajstić information content (AvgIpc) is 0.909. The Hall–Kier alpha value is -0.320. The number of nitrogens with zero attached hydrogens (tertiary/aromatic N) is 8. The Morgan fingerprint density at radius 2 is 0.314 bits per heavy atom. The summed E-state index contributed by atoms with van der Waals surface area (Å²) in [5.74, 6) is 5.87. The molecule has 0 aromatic rings. The van der Waals surface area contributed by atoms with Crippen molar-refractivity contribution in [2.45, 2.75) is 459 Å². The Balaban J connectivity index is -0.0000000619. The summed E-state index contributed by atoms with van der Waals surface area (Å²) >= 11 is 0. The molecule has 6 aliphatic carbocycles. The van der Waals surface area contributed by atoms with Gasteiger partial charge in [-0.25, -0.2) is 0 Å². The van der Waals surface area contributed by atoms with Gasteiger partial charge in [0.2, 0.25) is 0 Å². The number of hydrogen-bond acceptors (Lipinski definition) is 8. The number of hydrogen-bond donors (Lipinski definition) is 0. The molecule has 0 aliphatic heterocycles. The lowest BCUT2D eigenvalue weighted by atomic mass is 9.87. The second kappa shape index (κ2) is 124. The molecule has 0 unspecified atom stereocenters. The summed E-state index contributed by atoms with van der Waals surface area (Å²) in [6.45, 7) is 88.6. The van der Waals surface area contributed by atoms with Crippen LogP contribution in [0.25, 0.3) is 0 Å². The van der Waals surface area contributed by atoms with E-state index >= 15 is 0 Å².